The van der Waals surface area contributed by atoms with Crippen LogP contribution in [0.5, 0.6) is 0 Å². The van der Waals surface area contributed by atoms with Gasteiger partial charge in [0.05, 0.1) is 17.9 Å². The number of hydrogen-bond donors (Lipinski definition) is 0. The minimum Gasteiger partial charge on any atom is -0.280 e. The Balaban J connectivity index is 1.80. The van der Waals surface area contributed by atoms with Crippen LogP contribution in [0.2, 0.25) is 10.0 Å². The van der Waals surface area contributed by atoms with Gasteiger partial charge in [-0.05, 0) is 23.4 Å². The van der Waals surface area contributed by atoms with E-state index < -0.39 is 0 Å². The Morgan fingerprint density at radius 2 is 2.26 bits per heavy atom. The smallest absolute Gasteiger partial charge is 0.280 e. The van der Waals surface area contributed by atoms with Crippen molar-refractivity contribution < 1.29 is 0 Å². The fourth-order valence-corrected chi connectivity index (χ4v) is 3.32. The van der Waals surface area contributed by atoms with Crippen LogP contribution in [-0.2, 0) is 19.6 Å². The number of fused-ring (bicyclic) bond motifs is 1. The van der Waals surface area contributed by atoms with Crippen molar-refractivity contribution in [2.24, 2.45) is 0 Å². The van der Waals surface area contributed by atoms with E-state index in [1.807, 2.05) is 0 Å². The van der Waals surface area contributed by atoms with Crippen molar-refractivity contribution >= 4 is 34.5 Å². The highest BCUT2D eigenvalue weighted by Crippen LogP contribution is 2.24. The summed E-state index contributed by atoms with van der Waals surface area (Å²) in [5.41, 5.74) is 0.995. The zero-order valence-electron chi connectivity index (χ0n) is 9.97. The van der Waals surface area contributed by atoms with Gasteiger partial charge in [-0.25, -0.2) is 4.68 Å². The molecule has 0 radical (unpaired) electrons. The number of thiophene rings is 1. The Morgan fingerprint density at radius 1 is 1.42 bits per heavy atom. The lowest BCUT2D eigenvalue weighted by atomic mass is 10.1. The molecule has 3 heterocycles. The van der Waals surface area contributed by atoms with Gasteiger partial charge in [0.1, 0.15) is 5.02 Å². The van der Waals surface area contributed by atoms with Crippen LogP contribution in [0.1, 0.15) is 10.4 Å². The fourth-order valence-electron chi connectivity index (χ4n) is 2.16. The van der Waals surface area contributed by atoms with E-state index in [2.05, 4.69) is 21.4 Å². The second-order valence-corrected chi connectivity index (χ2v) is 6.21. The monoisotopic (exact) mass is 315 g/mol. The third-order valence-electron chi connectivity index (χ3n) is 3.16. The van der Waals surface area contributed by atoms with Crippen LogP contribution in [0, 0.1) is 0 Å². The Hall–Kier alpha value is -0.880. The molecule has 4 nitrogen and oxygen atoms in total. The van der Waals surface area contributed by atoms with E-state index in [0.29, 0.717) is 6.67 Å². The van der Waals surface area contributed by atoms with E-state index in [1.54, 1.807) is 11.3 Å². The predicted octanol–water partition coefficient (Wildman–Crippen LogP) is 2.63. The van der Waals surface area contributed by atoms with Gasteiger partial charge in [0.15, 0.2) is 0 Å². The van der Waals surface area contributed by atoms with Crippen LogP contribution in [0.25, 0.3) is 0 Å². The topological polar surface area (TPSA) is 38.1 Å². The first-order chi connectivity index (χ1) is 9.15. The minimum absolute atomic E-state index is 0.0323. The third-order valence-corrected chi connectivity index (χ3v) is 4.93. The van der Waals surface area contributed by atoms with Gasteiger partial charge in [0, 0.05) is 18.0 Å². The molecule has 19 heavy (non-hydrogen) atoms. The summed E-state index contributed by atoms with van der Waals surface area (Å²) < 4.78 is 1.35. The van der Waals surface area contributed by atoms with Crippen molar-refractivity contribution in [3.8, 4) is 0 Å². The molecule has 0 aliphatic carbocycles. The maximum atomic E-state index is 11.9. The van der Waals surface area contributed by atoms with Crippen molar-refractivity contribution in [1.29, 1.82) is 0 Å². The lowest BCUT2D eigenvalue weighted by molar-refractivity contribution is 0.186. The molecule has 0 bridgehead atoms. The van der Waals surface area contributed by atoms with Gasteiger partial charge in [-0.15, -0.1) is 11.3 Å². The van der Waals surface area contributed by atoms with E-state index in [-0.39, 0.29) is 15.6 Å². The molecule has 7 heteroatoms. The Morgan fingerprint density at radius 3 is 3.11 bits per heavy atom. The molecule has 0 atom stereocenters. The van der Waals surface area contributed by atoms with Crippen LogP contribution in [0.15, 0.2) is 22.4 Å². The minimum atomic E-state index is -0.342. The molecule has 3 rings (SSSR count). The zero-order valence-corrected chi connectivity index (χ0v) is 12.3. The standard InChI is InChI=1S/C12H11Cl2N3OS/c13-9-5-15-17(12(18)11(9)14)7-16-3-1-10-8(6-16)2-4-19-10/h2,4-5H,1,3,6-7H2. The van der Waals surface area contributed by atoms with E-state index in [9.17, 15) is 4.79 Å². The molecular weight excluding hydrogens is 305 g/mol. The van der Waals surface area contributed by atoms with E-state index in [4.69, 9.17) is 23.2 Å². The summed E-state index contributed by atoms with van der Waals surface area (Å²) >= 11 is 13.4. The molecule has 1 aliphatic heterocycles. The largest absolute Gasteiger partial charge is 0.288 e. The van der Waals surface area contributed by atoms with Crippen molar-refractivity contribution in [2.45, 2.75) is 19.6 Å². The molecule has 0 spiro atoms. The first-order valence-corrected chi connectivity index (χ1v) is 7.47. The molecule has 1 aliphatic rings. The molecule has 0 unspecified atom stereocenters. The second kappa shape index (κ2) is 5.25. The fraction of sp³-hybridized carbons (Fsp3) is 0.333. The molecule has 0 saturated carbocycles. The Bertz CT molecular complexity index is 667. The molecular formula is C12H11Cl2N3OS. The average molecular weight is 316 g/mol. The lowest BCUT2D eigenvalue weighted by Gasteiger charge is -2.26. The highest BCUT2D eigenvalue weighted by Gasteiger charge is 2.18. The van der Waals surface area contributed by atoms with Gasteiger partial charge in [-0.2, -0.15) is 5.10 Å². The molecule has 0 saturated heterocycles. The molecule has 2 aromatic heterocycles. The van der Waals surface area contributed by atoms with Crippen molar-refractivity contribution in [2.75, 3.05) is 6.54 Å². The highest BCUT2D eigenvalue weighted by atomic mass is 35.5. The van der Waals surface area contributed by atoms with Gasteiger partial charge in [-0.1, -0.05) is 23.2 Å². The predicted molar refractivity (Wildman–Crippen MR) is 77.0 cm³/mol. The Kier molecular flexibility index (Phi) is 3.62. The molecule has 0 N–H and O–H groups in total. The van der Waals surface area contributed by atoms with Crippen molar-refractivity contribution in [3.63, 3.8) is 0 Å². The van der Waals surface area contributed by atoms with Crippen LogP contribution in [0.4, 0.5) is 0 Å². The molecule has 100 valence electrons. The number of halogens is 2. The van der Waals surface area contributed by atoms with Gasteiger partial charge >= 0.3 is 0 Å². The summed E-state index contributed by atoms with van der Waals surface area (Å²) in [7, 11) is 0. The van der Waals surface area contributed by atoms with Gasteiger partial charge in [0.2, 0.25) is 0 Å². The maximum Gasteiger partial charge on any atom is 0.288 e. The van der Waals surface area contributed by atoms with E-state index in [0.717, 1.165) is 19.5 Å². The third kappa shape index (κ3) is 2.56. The second-order valence-electron chi connectivity index (χ2n) is 4.42. The first kappa shape index (κ1) is 13.1. The van der Waals surface area contributed by atoms with Crippen molar-refractivity contribution in [3.05, 3.63) is 48.5 Å². The summed E-state index contributed by atoms with van der Waals surface area (Å²) in [5, 5.41) is 6.36. The Labute approximate surface area is 124 Å². The van der Waals surface area contributed by atoms with Gasteiger partial charge in [-0.3, -0.25) is 9.69 Å². The summed E-state index contributed by atoms with van der Waals surface area (Å²) in [6.45, 7) is 2.19. The lowest BCUT2D eigenvalue weighted by Crippen LogP contribution is -2.36. The average Bonchev–Trinajstić information content (AvgIpc) is 2.87. The van der Waals surface area contributed by atoms with Crippen molar-refractivity contribution in [1.82, 2.24) is 14.7 Å². The molecule has 0 amide bonds. The normalized spacial score (nSPS) is 15.5. The van der Waals surface area contributed by atoms with Crippen LogP contribution >= 0.6 is 34.5 Å². The summed E-state index contributed by atoms with van der Waals surface area (Å²) in [5.74, 6) is 0. The first-order valence-electron chi connectivity index (χ1n) is 5.84. The maximum absolute atomic E-state index is 11.9. The van der Waals surface area contributed by atoms with Crippen LogP contribution < -0.4 is 5.56 Å². The molecule has 2 aromatic rings. The summed E-state index contributed by atoms with van der Waals surface area (Å²) in [6, 6.07) is 2.14. The van der Waals surface area contributed by atoms with Gasteiger partial charge in [0.25, 0.3) is 5.56 Å². The van der Waals surface area contributed by atoms with Crippen LogP contribution in [-0.4, -0.2) is 21.2 Å². The SMILES string of the molecule is O=c1c(Cl)c(Cl)cnn1CN1CCc2sccc2C1. The quantitative estimate of drug-likeness (QED) is 0.855. The number of hydrogen-bond acceptors (Lipinski definition) is 4. The number of aromatic nitrogens is 2. The zero-order chi connectivity index (χ0) is 13.4. The van der Waals surface area contributed by atoms with Gasteiger partial charge < -0.3 is 0 Å². The highest BCUT2D eigenvalue weighted by molar-refractivity contribution is 7.10. The molecule has 0 aromatic carbocycles. The summed E-state index contributed by atoms with van der Waals surface area (Å²) in [6.07, 6.45) is 2.42. The molecule has 0 fully saturated rings. The van der Waals surface area contributed by atoms with E-state index in [1.165, 1.54) is 21.3 Å². The van der Waals surface area contributed by atoms with E-state index >= 15 is 0 Å². The number of rotatable bonds is 2. The van der Waals surface area contributed by atoms with Crippen LogP contribution in [0.3, 0.4) is 0 Å². The summed E-state index contributed by atoms with van der Waals surface area (Å²) in [4.78, 5) is 15.5. The number of nitrogens with zero attached hydrogens (tertiary/aromatic N) is 3.